The van der Waals surface area contributed by atoms with Crippen molar-refractivity contribution in [2.24, 2.45) is 23.7 Å². The summed E-state index contributed by atoms with van der Waals surface area (Å²) in [6.07, 6.45) is 5.12. The molecule has 1 aliphatic heterocycles. The normalized spacial score (nSPS) is 28.4. The lowest BCUT2D eigenvalue weighted by Crippen LogP contribution is -2.32. The van der Waals surface area contributed by atoms with Gasteiger partial charge in [-0.1, -0.05) is 23.9 Å². The summed E-state index contributed by atoms with van der Waals surface area (Å²) in [4.78, 5) is 43.0. The third-order valence-corrected chi connectivity index (χ3v) is 7.76. The van der Waals surface area contributed by atoms with Crippen molar-refractivity contribution in [3.63, 3.8) is 0 Å². The van der Waals surface area contributed by atoms with Gasteiger partial charge in [-0.2, -0.15) is 0 Å². The van der Waals surface area contributed by atoms with Crippen LogP contribution in [0.25, 0.3) is 10.2 Å². The SMILES string of the molecule is COC(=O)CSc1nc2ccc(N3C(=O)[C@H]4[C@H](C3=O)[C@H]3C=C[C@H]4C3)cc2s1. The highest BCUT2D eigenvalue weighted by Gasteiger charge is 2.59. The Bertz CT molecular complexity index is 984. The molecule has 2 aromatic rings. The molecule has 2 amide bonds. The van der Waals surface area contributed by atoms with E-state index < -0.39 is 0 Å². The summed E-state index contributed by atoms with van der Waals surface area (Å²) in [5.41, 5.74) is 1.40. The predicted molar refractivity (Wildman–Crippen MR) is 103 cm³/mol. The average Bonchev–Trinajstić information content (AvgIpc) is 3.42. The van der Waals surface area contributed by atoms with Gasteiger partial charge in [0.05, 0.1) is 40.6 Å². The van der Waals surface area contributed by atoms with Crippen molar-refractivity contribution < 1.29 is 19.1 Å². The molecule has 3 aliphatic rings. The lowest BCUT2D eigenvalue weighted by Gasteiger charge is -2.17. The number of nitrogens with zero attached hydrogens (tertiary/aromatic N) is 2. The van der Waals surface area contributed by atoms with Crippen LogP contribution in [0.1, 0.15) is 6.42 Å². The first-order valence-electron chi connectivity index (χ1n) is 8.73. The lowest BCUT2D eigenvalue weighted by atomic mass is 9.85. The Morgan fingerprint density at radius 3 is 2.63 bits per heavy atom. The molecule has 138 valence electrons. The van der Waals surface area contributed by atoms with E-state index in [-0.39, 0.29) is 47.2 Å². The fourth-order valence-electron chi connectivity index (χ4n) is 4.43. The number of aromatic nitrogens is 1. The minimum absolute atomic E-state index is 0.0778. The molecule has 2 bridgehead atoms. The lowest BCUT2D eigenvalue weighted by molar-refractivity contribution is -0.137. The third-order valence-electron chi connectivity index (χ3n) is 5.62. The van der Waals surface area contributed by atoms with Crippen molar-refractivity contribution >= 4 is 56.8 Å². The van der Waals surface area contributed by atoms with E-state index in [0.717, 1.165) is 21.0 Å². The highest BCUT2D eigenvalue weighted by Crippen LogP contribution is 2.53. The molecule has 0 N–H and O–H groups in total. The van der Waals surface area contributed by atoms with E-state index in [0.29, 0.717) is 5.69 Å². The van der Waals surface area contributed by atoms with Crippen molar-refractivity contribution in [1.29, 1.82) is 0 Å². The minimum Gasteiger partial charge on any atom is -0.468 e. The Kier molecular flexibility index (Phi) is 3.87. The van der Waals surface area contributed by atoms with E-state index in [4.69, 9.17) is 0 Å². The highest BCUT2D eigenvalue weighted by atomic mass is 32.2. The van der Waals surface area contributed by atoms with E-state index in [1.54, 1.807) is 6.07 Å². The Morgan fingerprint density at radius 1 is 1.26 bits per heavy atom. The van der Waals surface area contributed by atoms with E-state index in [1.165, 1.54) is 35.1 Å². The first kappa shape index (κ1) is 16.9. The van der Waals surface area contributed by atoms with Crippen molar-refractivity contribution in [2.45, 2.75) is 10.8 Å². The number of anilines is 1. The second-order valence-electron chi connectivity index (χ2n) is 7.01. The summed E-state index contributed by atoms with van der Waals surface area (Å²) >= 11 is 2.76. The number of methoxy groups -OCH3 is 1. The molecule has 6 nitrogen and oxygen atoms in total. The third kappa shape index (κ3) is 2.54. The zero-order valence-corrected chi connectivity index (χ0v) is 16.1. The van der Waals surface area contributed by atoms with E-state index in [2.05, 4.69) is 21.9 Å². The topological polar surface area (TPSA) is 76.6 Å². The number of thioether (sulfide) groups is 1. The van der Waals surface area contributed by atoms with Crippen LogP contribution in [-0.4, -0.2) is 35.6 Å². The van der Waals surface area contributed by atoms with Gasteiger partial charge in [0.25, 0.3) is 0 Å². The van der Waals surface area contributed by atoms with E-state index in [1.807, 2.05) is 12.1 Å². The number of hydrogen-bond donors (Lipinski definition) is 0. The van der Waals surface area contributed by atoms with Crippen LogP contribution in [0, 0.1) is 23.7 Å². The standard InChI is InChI=1S/C19H16N2O4S2/c1-25-14(22)8-26-19-20-12-5-4-11(7-13(12)27-19)21-17(23)15-9-2-3-10(6-9)16(15)18(21)24/h2-5,7,9-10,15-16H,6,8H2,1H3/t9-,10-,15+,16+/m0/s1. The fourth-order valence-corrected chi connectivity index (χ4v) is 6.36. The van der Waals surface area contributed by atoms with Gasteiger partial charge in [-0.3, -0.25) is 14.4 Å². The summed E-state index contributed by atoms with van der Waals surface area (Å²) in [5.74, 6) is -0.248. The molecule has 0 spiro atoms. The number of benzene rings is 1. The monoisotopic (exact) mass is 400 g/mol. The van der Waals surface area contributed by atoms with Gasteiger partial charge < -0.3 is 4.74 Å². The highest BCUT2D eigenvalue weighted by molar-refractivity contribution is 8.01. The number of rotatable bonds is 4. The van der Waals surface area contributed by atoms with Crippen molar-refractivity contribution in [2.75, 3.05) is 17.8 Å². The number of carbonyl (C=O) groups is 3. The number of thiazole rings is 1. The first-order valence-corrected chi connectivity index (χ1v) is 10.5. The second kappa shape index (κ2) is 6.17. The molecule has 1 saturated heterocycles. The van der Waals surface area contributed by atoms with Gasteiger partial charge in [-0.15, -0.1) is 11.3 Å². The fraction of sp³-hybridized carbons (Fsp3) is 0.368. The molecule has 0 unspecified atom stereocenters. The number of imide groups is 1. The maximum absolute atomic E-state index is 12.9. The molecule has 0 radical (unpaired) electrons. The Balaban J connectivity index is 1.43. The summed E-state index contributed by atoms with van der Waals surface area (Å²) in [5, 5.41) is 0. The van der Waals surface area contributed by atoms with Gasteiger partial charge in [0.1, 0.15) is 0 Å². The smallest absolute Gasteiger partial charge is 0.316 e. The number of amides is 2. The van der Waals surface area contributed by atoms with Crippen molar-refractivity contribution in [1.82, 2.24) is 4.98 Å². The molecule has 2 heterocycles. The quantitative estimate of drug-likeness (QED) is 0.340. The van der Waals surface area contributed by atoms with Crippen molar-refractivity contribution in [3.05, 3.63) is 30.4 Å². The zero-order chi connectivity index (χ0) is 18.7. The van der Waals surface area contributed by atoms with Crippen LogP contribution in [0.3, 0.4) is 0 Å². The number of esters is 1. The molecule has 2 fully saturated rings. The zero-order valence-electron chi connectivity index (χ0n) is 14.5. The maximum Gasteiger partial charge on any atom is 0.316 e. The molecule has 27 heavy (non-hydrogen) atoms. The predicted octanol–water partition coefficient (Wildman–Crippen LogP) is 2.87. The summed E-state index contributed by atoms with van der Waals surface area (Å²) in [6.45, 7) is 0. The van der Waals surface area contributed by atoms with E-state index >= 15 is 0 Å². The van der Waals surface area contributed by atoms with Gasteiger partial charge >= 0.3 is 5.97 Å². The summed E-state index contributed by atoms with van der Waals surface area (Å²) < 4.78 is 6.29. The molecular formula is C19H16N2O4S2. The summed E-state index contributed by atoms with van der Waals surface area (Å²) in [6, 6.07) is 5.45. The number of hydrogen-bond acceptors (Lipinski definition) is 7. The summed E-state index contributed by atoms with van der Waals surface area (Å²) in [7, 11) is 1.36. The van der Waals surface area contributed by atoms with Crippen LogP contribution in [0.5, 0.6) is 0 Å². The largest absolute Gasteiger partial charge is 0.468 e. The second-order valence-corrected chi connectivity index (χ2v) is 9.26. The van der Waals surface area contributed by atoms with Crippen LogP contribution >= 0.6 is 23.1 Å². The van der Waals surface area contributed by atoms with Crippen LogP contribution < -0.4 is 4.90 Å². The molecule has 1 aromatic carbocycles. The Labute approximate surface area is 163 Å². The molecule has 2 aliphatic carbocycles. The van der Waals surface area contributed by atoms with Gasteiger partial charge in [-0.25, -0.2) is 9.88 Å². The van der Waals surface area contributed by atoms with Gasteiger partial charge in [0, 0.05) is 0 Å². The van der Waals surface area contributed by atoms with Gasteiger partial charge in [0.15, 0.2) is 4.34 Å². The van der Waals surface area contributed by atoms with Gasteiger partial charge in [-0.05, 0) is 36.5 Å². The molecule has 5 rings (SSSR count). The number of fused-ring (bicyclic) bond motifs is 6. The van der Waals surface area contributed by atoms with Crippen LogP contribution in [-0.2, 0) is 19.1 Å². The number of carbonyl (C=O) groups excluding carboxylic acids is 3. The first-order chi connectivity index (χ1) is 13.1. The molecule has 8 heteroatoms. The Hall–Kier alpha value is -2.19. The molecule has 1 aromatic heterocycles. The maximum atomic E-state index is 12.9. The minimum atomic E-state index is -0.303. The molecule has 1 saturated carbocycles. The molecular weight excluding hydrogens is 384 g/mol. The van der Waals surface area contributed by atoms with Crippen LogP contribution in [0.15, 0.2) is 34.7 Å². The van der Waals surface area contributed by atoms with Crippen LogP contribution in [0.4, 0.5) is 5.69 Å². The Morgan fingerprint density at radius 2 is 1.96 bits per heavy atom. The van der Waals surface area contributed by atoms with Crippen LogP contribution in [0.2, 0.25) is 0 Å². The average molecular weight is 400 g/mol. The van der Waals surface area contributed by atoms with Crippen molar-refractivity contribution in [3.8, 4) is 0 Å². The van der Waals surface area contributed by atoms with Gasteiger partial charge in [0.2, 0.25) is 11.8 Å². The number of allylic oxidation sites excluding steroid dienone is 2. The number of ether oxygens (including phenoxy) is 1. The molecule has 4 atom stereocenters. The van der Waals surface area contributed by atoms with E-state index in [9.17, 15) is 14.4 Å².